The molecule has 0 spiro atoms. The highest BCUT2D eigenvalue weighted by Crippen LogP contribution is 2.34. The van der Waals surface area contributed by atoms with Gasteiger partial charge in [-0.3, -0.25) is 4.79 Å². The molecule has 1 aliphatic rings. The summed E-state index contributed by atoms with van der Waals surface area (Å²) in [5, 5.41) is 1.04. The van der Waals surface area contributed by atoms with Crippen LogP contribution in [0.1, 0.15) is 54.3 Å². The van der Waals surface area contributed by atoms with Gasteiger partial charge in [-0.25, -0.2) is 0 Å². The second kappa shape index (κ2) is 7.87. The van der Waals surface area contributed by atoms with Gasteiger partial charge in [-0.1, -0.05) is 12.7 Å². The third-order valence-corrected chi connectivity index (χ3v) is 5.75. The molecular formula is C21H24O3S. The molecule has 0 N–H and O–H groups in total. The van der Waals surface area contributed by atoms with E-state index in [1.165, 1.54) is 23.3 Å². The Labute approximate surface area is 153 Å². The van der Waals surface area contributed by atoms with Crippen LogP contribution in [-0.4, -0.2) is 19.5 Å². The first-order valence-corrected chi connectivity index (χ1v) is 9.58. The molecule has 0 saturated heterocycles. The van der Waals surface area contributed by atoms with Crippen molar-refractivity contribution in [1.29, 1.82) is 0 Å². The van der Waals surface area contributed by atoms with Crippen LogP contribution in [0.4, 0.5) is 0 Å². The molecule has 132 valence electrons. The average molecular weight is 356 g/mol. The lowest BCUT2D eigenvalue weighted by atomic mass is 9.90. The van der Waals surface area contributed by atoms with Crippen molar-refractivity contribution in [3.8, 4) is 5.75 Å². The number of methoxy groups -OCH3 is 1. The summed E-state index contributed by atoms with van der Waals surface area (Å²) in [7, 11) is 1.65. The Morgan fingerprint density at radius 1 is 1.28 bits per heavy atom. The molecule has 3 nitrogen and oxygen atoms in total. The van der Waals surface area contributed by atoms with Crippen LogP contribution >= 0.6 is 11.3 Å². The third kappa shape index (κ3) is 3.79. The van der Waals surface area contributed by atoms with Crippen molar-refractivity contribution in [3.63, 3.8) is 0 Å². The number of carbonyl (C=O) groups excluding carboxylic acids is 1. The van der Waals surface area contributed by atoms with Gasteiger partial charge in [-0.15, -0.1) is 11.3 Å². The SMILES string of the molecule is C=Cc1cc2sc(C(=O)CCC(OCC)=C3CCC3)cc2cc1OC. The maximum Gasteiger partial charge on any atom is 0.173 e. The summed E-state index contributed by atoms with van der Waals surface area (Å²) in [4.78, 5) is 13.4. The second-order valence-electron chi connectivity index (χ2n) is 6.18. The van der Waals surface area contributed by atoms with E-state index in [9.17, 15) is 4.79 Å². The Bertz CT molecular complexity index is 823. The summed E-state index contributed by atoms with van der Waals surface area (Å²) in [6.45, 7) is 6.49. The van der Waals surface area contributed by atoms with Crippen LogP contribution in [0.3, 0.4) is 0 Å². The zero-order valence-corrected chi connectivity index (χ0v) is 15.7. The first-order valence-electron chi connectivity index (χ1n) is 8.77. The Morgan fingerprint density at radius 3 is 2.68 bits per heavy atom. The van der Waals surface area contributed by atoms with E-state index in [4.69, 9.17) is 9.47 Å². The Kier molecular flexibility index (Phi) is 5.59. The van der Waals surface area contributed by atoms with Crippen LogP contribution in [0, 0.1) is 0 Å². The number of allylic oxidation sites excluding steroid dienone is 2. The summed E-state index contributed by atoms with van der Waals surface area (Å²) in [5.41, 5.74) is 2.34. The molecular weight excluding hydrogens is 332 g/mol. The standard InChI is InChI=1S/C21H24O3S/c1-4-14-12-20-16(11-19(14)23-3)13-21(25-20)17(22)9-10-18(24-5-2)15-7-6-8-15/h4,11-13H,1,5-10H2,2-3H3. The molecule has 3 rings (SSSR count). The number of rotatable bonds is 8. The predicted octanol–water partition coefficient (Wildman–Crippen LogP) is 5.99. The summed E-state index contributed by atoms with van der Waals surface area (Å²) in [5.74, 6) is 2.00. The maximum absolute atomic E-state index is 12.6. The molecule has 1 aromatic carbocycles. The molecule has 0 radical (unpaired) electrons. The van der Waals surface area contributed by atoms with Crippen molar-refractivity contribution in [2.75, 3.05) is 13.7 Å². The highest BCUT2D eigenvalue weighted by atomic mass is 32.1. The Hall–Kier alpha value is -2.07. The number of carbonyl (C=O) groups is 1. The molecule has 0 atom stereocenters. The third-order valence-electron chi connectivity index (χ3n) is 4.61. The molecule has 1 fully saturated rings. The molecule has 0 unspecified atom stereocenters. The number of ether oxygens (including phenoxy) is 2. The average Bonchev–Trinajstić information content (AvgIpc) is 2.99. The Morgan fingerprint density at radius 2 is 2.08 bits per heavy atom. The van der Waals surface area contributed by atoms with Gasteiger partial charge in [0.1, 0.15) is 5.75 Å². The van der Waals surface area contributed by atoms with E-state index in [0.29, 0.717) is 19.4 Å². The van der Waals surface area contributed by atoms with Crippen molar-refractivity contribution in [2.24, 2.45) is 0 Å². The number of Topliss-reactive ketones (excluding diaryl/α,β-unsaturated/α-hetero) is 1. The first-order chi connectivity index (χ1) is 12.2. The van der Waals surface area contributed by atoms with Gasteiger partial charge >= 0.3 is 0 Å². The second-order valence-corrected chi connectivity index (χ2v) is 7.27. The fourth-order valence-corrected chi connectivity index (χ4v) is 4.12. The van der Waals surface area contributed by atoms with E-state index in [1.54, 1.807) is 13.2 Å². The van der Waals surface area contributed by atoms with Gasteiger partial charge in [-0.2, -0.15) is 0 Å². The zero-order valence-electron chi connectivity index (χ0n) is 14.9. The highest BCUT2D eigenvalue weighted by molar-refractivity contribution is 7.20. The van der Waals surface area contributed by atoms with Crippen LogP contribution in [0.25, 0.3) is 16.2 Å². The van der Waals surface area contributed by atoms with Gasteiger partial charge in [0.05, 0.1) is 24.4 Å². The number of ketones is 1. The largest absolute Gasteiger partial charge is 0.498 e. The molecule has 1 aliphatic carbocycles. The van der Waals surface area contributed by atoms with Crippen molar-refractivity contribution in [1.82, 2.24) is 0 Å². The van der Waals surface area contributed by atoms with Crippen LogP contribution in [0.2, 0.25) is 0 Å². The fourth-order valence-electron chi connectivity index (χ4n) is 3.06. The molecule has 25 heavy (non-hydrogen) atoms. The van der Waals surface area contributed by atoms with Gasteiger partial charge in [0.25, 0.3) is 0 Å². The Balaban J connectivity index is 1.76. The molecule has 4 heteroatoms. The lowest BCUT2D eigenvalue weighted by molar-refractivity contribution is 0.0976. The van der Waals surface area contributed by atoms with E-state index >= 15 is 0 Å². The van der Waals surface area contributed by atoms with E-state index in [-0.39, 0.29) is 5.78 Å². The maximum atomic E-state index is 12.6. The molecule has 0 amide bonds. The fraction of sp³-hybridized carbons (Fsp3) is 0.381. The van der Waals surface area contributed by atoms with Crippen LogP contribution in [0.15, 0.2) is 36.1 Å². The summed E-state index contributed by atoms with van der Waals surface area (Å²) in [6, 6.07) is 5.97. The molecule has 0 aliphatic heterocycles. The van der Waals surface area contributed by atoms with Crippen LogP contribution in [0.5, 0.6) is 5.75 Å². The van der Waals surface area contributed by atoms with E-state index < -0.39 is 0 Å². The number of thiophene rings is 1. The number of hydrogen-bond acceptors (Lipinski definition) is 4. The van der Waals surface area contributed by atoms with Gasteiger partial charge < -0.3 is 9.47 Å². The lowest BCUT2D eigenvalue weighted by Crippen LogP contribution is -2.07. The molecule has 0 bridgehead atoms. The minimum absolute atomic E-state index is 0.178. The highest BCUT2D eigenvalue weighted by Gasteiger charge is 2.18. The van der Waals surface area contributed by atoms with Gasteiger partial charge in [0, 0.05) is 23.1 Å². The van der Waals surface area contributed by atoms with Crippen LogP contribution in [-0.2, 0) is 4.74 Å². The number of hydrogen-bond donors (Lipinski definition) is 0. The van der Waals surface area contributed by atoms with Gasteiger partial charge in [-0.05, 0) is 55.3 Å². The smallest absolute Gasteiger partial charge is 0.173 e. The number of benzene rings is 1. The van der Waals surface area contributed by atoms with Crippen molar-refractivity contribution >= 4 is 33.3 Å². The van der Waals surface area contributed by atoms with Crippen LogP contribution < -0.4 is 4.74 Å². The summed E-state index contributed by atoms with van der Waals surface area (Å²) >= 11 is 1.54. The molecule has 1 heterocycles. The van der Waals surface area contributed by atoms with Crippen molar-refractivity contribution in [3.05, 3.63) is 46.6 Å². The summed E-state index contributed by atoms with van der Waals surface area (Å²) in [6.07, 6.45) is 6.46. The lowest BCUT2D eigenvalue weighted by Gasteiger charge is -2.21. The minimum Gasteiger partial charge on any atom is -0.498 e. The zero-order chi connectivity index (χ0) is 17.8. The quantitative estimate of drug-likeness (QED) is 0.430. The van der Waals surface area contributed by atoms with Gasteiger partial charge in [0.15, 0.2) is 5.78 Å². The van der Waals surface area contributed by atoms with E-state index in [2.05, 4.69) is 6.58 Å². The van der Waals surface area contributed by atoms with Crippen molar-refractivity contribution in [2.45, 2.75) is 39.0 Å². The number of fused-ring (bicyclic) bond motifs is 1. The van der Waals surface area contributed by atoms with E-state index in [0.717, 1.165) is 44.9 Å². The van der Waals surface area contributed by atoms with Crippen molar-refractivity contribution < 1.29 is 14.3 Å². The monoisotopic (exact) mass is 356 g/mol. The minimum atomic E-state index is 0.178. The predicted molar refractivity (Wildman–Crippen MR) is 105 cm³/mol. The first kappa shape index (κ1) is 17.7. The normalized spacial score (nSPS) is 13.4. The molecule has 1 aromatic heterocycles. The topological polar surface area (TPSA) is 35.5 Å². The van der Waals surface area contributed by atoms with E-state index in [1.807, 2.05) is 25.1 Å². The summed E-state index contributed by atoms with van der Waals surface area (Å²) < 4.78 is 12.2. The molecule has 1 saturated carbocycles. The van der Waals surface area contributed by atoms with Gasteiger partial charge in [0.2, 0.25) is 0 Å². The molecule has 2 aromatic rings.